The van der Waals surface area contributed by atoms with E-state index in [4.69, 9.17) is 26.4 Å². The van der Waals surface area contributed by atoms with Gasteiger partial charge in [-0.05, 0) is 55.0 Å². The van der Waals surface area contributed by atoms with Gasteiger partial charge in [-0.2, -0.15) is 0 Å². The fourth-order valence-electron chi connectivity index (χ4n) is 2.09. The van der Waals surface area contributed by atoms with Crippen LogP contribution in [-0.4, -0.2) is 26.4 Å². The zero-order valence-electron chi connectivity index (χ0n) is 13.6. The van der Waals surface area contributed by atoms with E-state index in [9.17, 15) is 0 Å². The van der Waals surface area contributed by atoms with Crippen molar-refractivity contribution in [3.05, 3.63) is 42.0 Å². The van der Waals surface area contributed by atoms with Crippen LogP contribution in [0, 0.1) is 6.92 Å². The standard InChI is InChI=1S/C17H20N2O3S/c1-11-9-12(20-2)5-7-14(11)18-17(23)19-15-10-13(21-3)6-8-16(15)22-4/h5-10H,1-4H3,(H2,18,19,23). The fraction of sp³-hybridized carbons (Fsp3) is 0.235. The Labute approximate surface area is 141 Å². The molecule has 0 atom stereocenters. The molecule has 2 aromatic carbocycles. The lowest BCUT2D eigenvalue weighted by Crippen LogP contribution is -2.20. The number of hydrogen-bond acceptors (Lipinski definition) is 4. The molecule has 0 unspecified atom stereocenters. The van der Waals surface area contributed by atoms with E-state index < -0.39 is 0 Å². The number of rotatable bonds is 5. The van der Waals surface area contributed by atoms with Crippen molar-refractivity contribution in [3.63, 3.8) is 0 Å². The average Bonchev–Trinajstić information content (AvgIpc) is 2.56. The third-order valence-corrected chi connectivity index (χ3v) is 3.54. The predicted molar refractivity (Wildman–Crippen MR) is 97.1 cm³/mol. The highest BCUT2D eigenvalue weighted by molar-refractivity contribution is 7.80. The van der Waals surface area contributed by atoms with E-state index in [0.29, 0.717) is 10.9 Å². The molecule has 2 rings (SSSR count). The lowest BCUT2D eigenvalue weighted by molar-refractivity contribution is 0.405. The van der Waals surface area contributed by atoms with Crippen LogP contribution in [0.5, 0.6) is 17.2 Å². The van der Waals surface area contributed by atoms with E-state index >= 15 is 0 Å². The molecular formula is C17H20N2O3S. The summed E-state index contributed by atoms with van der Waals surface area (Å²) in [4.78, 5) is 0. The highest BCUT2D eigenvalue weighted by Gasteiger charge is 2.08. The van der Waals surface area contributed by atoms with Crippen LogP contribution in [0.2, 0.25) is 0 Å². The van der Waals surface area contributed by atoms with Crippen LogP contribution in [-0.2, 0) is 0 Å². The molecule has 23 heavy (non-hydrogen) atoms. The Balaban J connectivity index is 2.13. The van der Waals surface area contributed by atoms with E-state index in [-0.39, 0.29) is 0 Å². The maximum Gasteiger partial charge on any atom is 0.175 e. The predicted octanol–water partition coefficient (Wildman–Crippen LogP) is 3.83. The Kier molecular flexibility index (Phi) is 5.65. The number of benzene rings is 2. The molecule has 0 aliphatic carbocycles. The van der Waals surface area contributed by atoms with E-state index in [1.54, 1.807) is 21.3 Å². The minimum Gasteiger partial charge on any atom is -0.497 e. The van der Waals surface area contributed by atoms with E-state index in [1.807, 2.05) is 43.3 Å². The molecule has 0 spiro atoms. The second kappa shape index (κ2) is 7.69. The van der Waals surface area contributed by atoms with Gasteiger partial charge in [-0.3, -0.25) is 0 Å². The van der Waals surface area contributed by atoms with Crippen LogP contribution < -0.4 is 24.8 Å². The number of anilines is 2. The Morgan fingerprint density at radius 3 is 2.04 bits per heavy atom. The van der Waals surface area contributed by atoms with Crippen LogP contribution in [0.3, 0.4) is 0 Å². The topological polar surface area (TPSA) is 51.8 Å². The third kappa shape index (κ3) is 4.26. The smallest absolute Gasteiger partial charge is 0.175 e. The zero-order valence-corrected chi connectivity index (χ0v) is 14.4. The molecule has 2 N–H and O–H groups in total. The first kappa shape index (κ1) is 16.9. The second-order valence-corrected chi connectivity index (χ2v) is 5.23. The van der Waals surface area contributed by atoms with Crippen LogP contribution in [0.15, 0.2) is 36.4 Å². The maximum atomic E-state index is 5.38. The Bertz CT molecular complexity index is 704. The normalized spacial score (nSPS) is 9.91. The summed E-state index contributed by atoms with van der Waals surface area (Å²) in [5.41, 5.74) is 2.67. The van der Waals surface area contributed by atoms with Crippen molar-refractivity contribution >= 4 is 28.7 Å². The molecular weight excluding hydrogens is 312 g/mol. The number of hydrogen-bond donors (Lipinski definition) is 2. The first-order valence-electron chi connectivity index (χ1n) is 7.02. The summed E-state index contributed by atoms with van der Waals surface area (Å²) >= 11 is 5.38. The number of thiocarbonyl (C=S) groups is 1. The molecule has 122 valence electrons. The first-order chi connectivity index (χ1) is 11.1. The summed E-state index contributed by atoms with van der Waals surface area (Å²) in [6.45, 7) is 1.99. The van der Waals surface area contributed by atoms with Gasteiger partial charge < -0.3 is 24.8 Å². The number of nitrogens with one attached hydrogen (secondary N) is 2. The summed E-state index contributed by atoms with van der Waals surface area (Å²) in [5, 5.41) is 6.75. The van der Waals surface area contributed by atoms with Gasteiger partial charge >= 0.3 is 0 Å². The fourth-order valence-corrected chi connectivity index (χ4v) is 2.31. The molecule has 0 aliphatic heterocycles. The first-order valence-corrected chi connectivity index (χ1v) is 7.43. The minimum absolute atomic E-state index is 0.463. The monoisotopic (exact) mass is 332 g/mol. The molecule has 0 bridgehead atoms. The largest absolute Gasteiger partial charge is 0.497 e. The molecule has 0 aromatic heterocycles. The Morgan fingerprint density at radius 2 is 1.43 bits per heavy atom. The van der Waals surface area contributed by atoms with Gasteiger partial charge in [0.15, 0.2) is 5.11 Å². The summed E-state index contributed by atoms with van der Waals surface area (Å²) in [7, 11) is 4.86. The van der Waals surface area contributed by atoms with Crippen molar-refractivity contribution in [3.8, 4) is 17.2 Å². The molecule has 0 heterocycles. The number of ether oxygens (including phenoxy) is 3. The van der Waals surface area contributed by atoms with Crippen LogP contribution >= 0.6 is 12.2 Å². The molecule has 0 radical (unpaired) electrons. The molecule has 6 heteroatoms. The molecule has 0 saturated carbocycles. The Hall–Kier alpha value is -2.47. The maximum absolute atomic E-state index is 5.38. The lowest BCUT2D eigenvalue weighted by Gasteiger charge is -2.16. The van der Waals surface area contributed by atoms with Gasteiger partial charge in [0, 0.05) is 11.8 Å². The molecule has 0 aliphatic rings. The van der Waals surface area contributed by atoms with Gasteiger partial charge in [0.25, 0.3) is 0 Å². The molecule has 2 aromatic rings. The molecule has 0 amide bonds. The van der Waals surface area contributed by atoms with Crippen LogP contribution in [0.1, 0.15) is 5.56 Å². The van der Waals surface area contributed by atoms with Gasteiger partial charge in [-0.15, -0.1) is 0 Å². The van der Waals surface area contributed by atoms with Gasteiger partial charge in [0.1, 0.15) is 17.2 Å². The molecule has 0 saturated heterocycles. The van der Waals surface area contributed by atoms with Gasteiger partial charge in [0.2, 0.25) is 0 Å². The number of aryl methyl sites for hydroxylation is 1. The zero-order chi connectivity index (χ0) is 16.8. The third-order valence-electron chi connectivity index (χ3n) is 3.34. The van der Waals surface area contributed by atoms with Crippen molar-refractivity contribution in [1.29, 1.82) is 0 Å². The van der Waals surface area contributed by atoms with Crippen molar-refractivity contribution in [1.82, 2.24) is 0 Å². The van der Waals surface area contributed by atoms with Crippen LogP contribution in [0.4, 0.5) is 11.4 Å². The summed E-state index contributed by atoms with van der Waals surface area (Å²) < 4.78 is 15.8. The van der Waals surface area contributed by atoms with Crippen molar-refractivity contribution in [2.24, 2.45) is 0 Å². The van der Waals surface area contributed by atoms with Crippen molar-refractivity contribution < 1.29 is 14.2 Å². The second-order valence-electron chi connectivity index (χ2n) is 4.83. The van der Waals surface area contributed by atoms with E-state index in [2.05, 4.69) is 10.6 Å². The van der Waals surface area contributed by atoms with Gasteiger partial charge in [-0.1, -0.05) is 0 Å². The summed E-state index contributed by atoms with van der Waals surface area (Å²) in [6.07, 6.45) is 0. The van der Waals surface area contributed by atoms with E-state index in [0.717, 1.165) is 28.4 Å². The quantitative estimate of drug-likeness (QED) is 0.812. The molecule has 5 nitrogen and oxygen atoms in total. The Morgan fingerprint density at radius 1 is 0.826 bits per heavy atom. The summed E-state index contributed by atoms with van der Waals surface area (Å²) in [5.74, 6) is 2.21. The van der Waals surface area contributed by atoms with E-state index in [1.165, 1.54) is 0 Å². The highest BCUT2D eigenvalue weighted by Crippen LogP contribution is 2.29. The van der Waals surface area contributed by atoms with Gasteiger partial charge in [0.05, 0.1) is 27.0 Å². The average molecular weight is 332 g/mol. The SMILES string of the molecule is COc1ccc(NC(=S)Nc2cc(OC)ccc2OC)c(C)c1. The van der Waals surface area contributed by atoms with Crippen molar-refractivity contribution in [2.75, 3.05) is 32.0 Å². The summed E-state index contributed by atoms with van der Waals surface area (Å²) in [6, 6.07) is 11.2. The number of methoxy groups -OCH3 is 3. The molecule has 0 fully saturated rings. The van der Waals surface area contributed by atoms with Crippen LogP contribution in [0.25, 0.3) is 0 Å². The van der Waals surface area contributed by atoms with Gasteiger partial charge in [-0.25, -0.2) is 0 Å². The lowest BCUT2D eigenvalue weighted by atomic mass is 10.2. The minimum atomic E-state index is 0.463. The highest BCUT2D eigenvalue weighted by atomic mass is 32.1. The van der Waals surface area contributed by atoms with Crippen molar-refractivity contribution in [2.45, 2.75) is 6.92 Å².